The van der Waals surface area contributed by atoms with Gasteiger partial charge in [0.2, 0.25) is 5.91 Å². The minimum atomic E-state index is 0.194. The zero-order chi connectivity index (χ0) is 9.31. The SMILES string of the molecule is [CH2]C1(CN2CCCC2=O)CCCC1. The summed E-state index contributed by atoms with van der Waals surface area (Å²) in [6, 6.07) is 0. The molecule has 0 atom stereocenters. The van der Waals surface area contributed by atoms with Gasteiger partial charge in [-0.1, -0.05) is 12.8 Å². The Morgan fingerprint density at radius 3 is 2.54 bits per heavy atom. The van der Waals surface area contributed by atoms with E-state index in [1.54, 1.807) is 0 Å². The molecule has 2 nitrogen and oxygen atoms in total. The molecule has 1 saturated carbocycles. The molecule has 2 rings (SSSR count). The minimum absolute atomic E-state index is 0.194. The van der Waals surface area contributed by atoms with E-state index >= 15 is 0 Å². The molecule has 0 unspecified atom stereocenters. The topological polar surface area (TPSA) is 20.3 Å². The van der Waals surface area contributed by atoms with E-state index in [-0.39, 0.29) is 5.41 Å². The summed E-state index contributed by atoms with van der Waals surface area (Å²) in [5.74, 6) is 0.343. The van der Waals surface area contributed by atoms with E-state index in [1.807, 2.05) is 4.90 Å². The molecule has 1 aliphatic carbocycles. The maximum atomic E-state index is 11.4. The minimum Gasteiger partial charge on any atom is -0.342 e. The molecule has 0 aromatic rings. The smallest absolute Gasteiger partial charge is 0.222 e. The van der Waals surface area contributed by atoms with Gasteiger partial charge in [-0.25, -0.2) is 0 Å². The summed E-state index contributed by atoms with van der Waals surface area (Å²) in [6.45, 7) is 6.15. The largest absolute Gasteiger partial charge is 0.342 e. The van der Waals surface area contributed by atoms with Crippen LogP contribution in [-0.2, 0) is 4.79 Å². The number of hydrogen-bond acceptors (Lipinski definition) is 1. The van der Waals surface area contributed by atoms with Crippen LogP contribution in [0.1, 0.15) is 38.5 Å². The van der Waals surface area contributed by atoms with Gasteiger partial charge in [0.15, 0.2) is 0 Å². The van der Waals surface area contributed by atoms with Crippen LogP contribution in [0.3, 0.4) is 0 Å². The Bertz CT molecular complexity index is 206. The number of likely N-dealkylation sites (tertiary alicyclic amines) is 1. The molecule has 2 fully saturated rings. The van der Waals surface area contributed by atoms with Crippen molar-refractivity contribution in [1.82, 2.24) is 4.90 Å². The first-order chi connectivity index (χ1) is 6.20. The van der Waals surface area contributed by atoms with Gasteiger partial charge in [-0.15, -0.1) is 0 Å². The molecule has 2 aliphatic rings. The number of nitrogens with zero attached hydrogens (tertiary/aromatic N) is 1. The van der Waals surface area contributed by atoms with Gasteiger partial charge in [-0.2, -0.15) is 0 Å². The van der Waals surface area contributed by atoms with E-state index in [2.05, 4.69) is 6.92 Å². The summed E-state index contributed by atoms with van der Waals surface area (Å²) < 4.78 is 0. The lowest BCUT2D eigenvalue weighted by atomic mass is 9.88. The third kappa shape index (κ3) is 1.87. The van der Waals surface area contributed by atoms with Crippen LogP contribution >= 0.6 is 0 Å². The van der Waals surface area contributed by atoms with Crippen LogP contribution in [0.2, 0.25) is 0 Å². The van der Waals surface area contributed by atoms with Crippen molar-refractivity contribution in [3.63, 3.8) is 0 Å². The Labute approximate surface area is 80.3 Å². The molecule has 0 aromatic heterocycles. The van der Waals surface area contributed by atoms with Crippen molar-refractivity contribution in [2.75, 3.05) is 13.1 Å². The maximum absolute atomic E-state index is 11.4. The van der Waals surface area contributed by atoms with E-state index in [0.717, 1.165) is 25.9 Å². The van der Waals surface area contributed by atoms with Crippen LogP contribution in [-0.4, -0.2) is 23.9 Å². The maximum Gasteiger partial charge on any atom is 0.222 e. The third-order valence-corrected chi connectivity index (χ3v) is 3.36. The standard InChI is InChI=1S/C11H18NO/c1-11(6-2-3-7-11)9-12-8-4-5-10(12)13/h1-9H2. The van der Waals surface area contributed by atoms with E-state index in [1.165, 1.54) is 25.7 Å². The van der Waals surface area contributed by atoms with Gasteiger partial charge in [-0.05, 0) is 31.6 Å². The molecule has 1 heterocycles. The molecule has 1 amide bonds. The molecule has 0 bridgehead atoms. The Balaban J connectivity index is 1.92. The Kier molecular flexibility index (Phi) is 2.31. The molecular weight excluding hydrogens is 162 g/mol. The highest BCUT2D eigenvalue weighted by atomic mass is 16.2. The van der Waals surface area contributed by atoms with Crippen LogP contribution in [0.4, 0.5) is 0 Å². The number of hydrogen-bond donors (Lipinski definition) is 0. The van der Waals surface area contributed by atoms with Crippen molar-refractivity contribution in [3.8, 4) is 0 Å². The predicted octanol–water partition coefficient (Wildman–Crippen LogP) is 2.00. The van der Waals surface area contributed by atoms with Crippen molar-refractivity contribution < 1.29 is 4.79 Å². The first kappa shape index (κ1) is 9.04. The second kappa shape index (κ2) is 3.32. The Hall–Kier alpha value is -0.530. The summed E-state index contributed by atoms with van der Waals surface area (Å²) in [7, 11) is 0. The van der Waals surface area contributed by atoms with Crippen LogP contribution in [0.25, 0.3) is 0 Å². The Morgan fingerprint density at radius 1 is 1.31 bits per heavy atom. The van der Waals surface area contributed by atoms with Gasteiger partial charge in [0.1, 0.15) is 0 Å². The highest BCUT2D eigenvalue weighted by Gasteiger charge is 2.33. The van der Waals surface area contributed by atoms with Crippen molar-refractivity contribution in [2.45, 2.75) is 38.5 Å². The number of carbonyl (C=O) groups excluding carboxylic acids is 1. The average molecular weight is 180 g/mol. The van der Waals surface area contributed by atoms with Gasteiger partial charge in [0, 0.05) is 19.5 Å². The zero-order valence-corrected chi connectivity index (χ0v) is 8.22. The van der Waals surface area contributed by atoms with Crippen LogP contribution < -0.4 is 0 Å². The quantitative estimate of drug-likeness (QED) is 0.636. The first-order valence-electron chi connectivity index (χ1n) is 5.33. The van der Waals surface area contributed by atoms with Gasteiger partial charge in [-0.3, -0.25) is 4.79 Å². The first-order valence-corrected chi connectivity index (χ1v) is 5.33. The second-order valence-electron chi connectivity index (χ2n) is 4.63. The summed E-state index contributed by atoms with van der Waals surface area (Å²) in [5, 5.41) is 0. The molecule has 1 radical (unpaired) electrons. The highest BCUT2D eigenvalue weighted by Crippen LogP contribution is 2.38. The molecule has 1 aliphatic heterocycles. The van der Waals surface area contributed by atoms with Crippen molar-refractivity contribution in [3.05, 3.63) is 6.92 Å². The molecular formula is C11H18NO. The van der Waals surface area contributed by atoms with Gasteiger partial charge >= 0.3 is 0 Å². The lowest BCUT2D eigenvalue weighted by Crippen LogP contribution is -2.35. The molecule has 0 aromatic carbocycles. The Morgan fingerprint density at radius 2 is 2.00 bits per heavy atom. The van der Waals surface area contributed by atoms with Gasteiger partial charge < -0.3 is 4.90 Å². The van der Waals surface area contributed by atoms with E-state index < -0.39 is 0 Å². The van der Waals surface area contributed by atoms with Crippen molar-refractivity contribution in [2.24, 2.45) is 5.41 Å². The van der Waals surface area contributed by atoms with Gasteiger partial charge in [0.05, 0.1) is 0 Å². The summed E-state index contributed by atoms with van der Waals surface area (Å²) >= 11 is 0. The molecule has 0 N–H and O–H groups in total. The second-order valence-corrected chi connectivity index (χ2v) is 4.63. The van der Waals surface area contributed by atoms with E-state index in [0.29, 0.717) is 5.91 Å². The lowest BCUT2D eigenvalue weighted by molar-refractivity contribution is -0.128. The monoisotopic (exact) mass is 180 g/mol. The fourth-order valence-corrected chi connectivity index (χ4v) is 2.56. The summed E-state index contributed by atoms with van der Waals surface area (Å²) in [5.41, 5.74) is 0.194. The molecule has 0 spiro atoms. The van der Waals surface area contributed by atoms with Crippen LogP contribution in [0.15, 0.2) is 0 Å². The average Bonchev–Trinajstić information content (AvgIpc) is 2.64. The summed E-state index contributed by atoms with van der Waals surface area (Å²) in [6.07, 6.45) is 6.82. The predicted molar refractivity (Wildman–Crippen MR) is 52.1 cm³/mol. The summed E-state index contributed by atoms with van der Waals surface area (Å²) in [4.78, 5) is 13.4. The van der Waals surface area contributed by atoms with Crippen molar-refractivity contribution >= 4 is 5.91 Å². The van der Waals surface area contributed by atoms with E-state index in [9.17, 15) is 4.79 Å². The molecule has 1 saturated heterocycles. The lowest BCUT2D eigenvalue weighted by Gasteiger charge is -2.29. The van der Waals surface area contributed by atoms with E-state index in [4.69, 9.17) is 0 Å². The van der Waals surface area contributed by atoms with Crippen molar-refractivity contribution in [1.29, 1.82) is 0 Å². The van der Waals surface area contributed by atoms with Crippen LogP contribution in [0, 0.1) is 12.3 Å². The molecule has 73 valence electrons. The zero-order valence-electron chi connectivity index (χ0n) is 8.22. The number of carbonyl (C=O) groups is 1. The van der Waals surface area contributed by atoms with Gasteiger partial charge in [0.25, 0.3) is 0 Å². The number of rotatable bonds is 2. The third-order valence-electron chi connectivity index (χ3n) is 3.36. The fraction of sp³-hybridized carbons (Fsp3) is 0.818. The fourth-order valence-electron chi connectivity index (χ4n) is 2.56. The molecule has 2 heteroatoms. The normalized spacial score (nSPS) is 27.2. The number of amides is 1. The molecule has 13 heavy (non-hydrogen) atoms. The van der Waals surface area contributed by atoms with Crippen LogP contribution in [0.5, 0.6) is 0 Å². The highest BCUT2D eigenvalue weighted by molar-refractivity contribution is 5.78.